The monoisotopic (exact) mass is 305 g/mol. The number of carbonyl (C=O) groups is 1. The average Bonchev–Trinajstić information content (AvgIpc) is 3.08. The molecule has 112 valence electrons. The number of rotatable bonds is 6. The topological polar surface area (TPSA) is 54.5 Å². The summed E-state index contributed by atoms with van der Waals surface area (Å²) in [6.45, 7) is 2.59. The van der Waals surface area contributed by atoms with Crippen LogP contribution in [-0.4, -0.2) is 42.5 Å². The van der Waals surface area contributed by atoms with Gasteiger partial charge in [-0.25, -0.2) is 4.98 Å². The second-order valence-corrected chi connectivity index (χ2v) is 6.15. The van der Waals surface area contributed by atoms with Crippen molar-refractivity contribution in [3.8, 4) is 5.75 Å². The highest BCUT2D eigenvalue weighted by atomic mass is 32.1. The van der Waals surface area contributed by atoms with E-state index >= 15 is 0 Å². The minimum absolute atomic E-state index is 0.294. The van der Waals surface area contributed by atoms with E-state index in [9.17, 15) is 4.79 Å². The van der Waals surface area contributed by atoms with E-state index in [1.165, 1.54) is 0 Å². The summed E-state index contributed by atoms with van der Waals surface area (Å²) < 4.78 is 6.35. The molecular formula is C15H19N3O2S. The van der Waals surface area contributed by atoms with Crippen molar-refractivity contribution < 1.29 is 9.53 Å². The van der Waals surface area contributed by atoms with Crippen molar-refractivity contribution in [1.29, 1.82) is 0 Å². The molecule has 2 aromatic rings. The van der Waals surface area contributed by atoms with Crippen LogP contribution in [0.15, 0.2) is 18.2 Å². The molecule has 1 fully saturated rings. The SMILES string of the molecule is COc1ccc2sc(NCCCN3CCCC3=O)nc2c1. The molecule has 1 amide bonds. The van der Waals surface area contributed by atoms with Gasteiger partial charge in [-0.2, -0.15) is 0 Å². The number of hydrogen-bond donors (Lipinski definition) is 1. The van der Waals surface area contributed by atoms with Crippen molar-refractivity contribution in [2.45, 2.75) is 19.3 Å². The maximum Gasteiger partial charge on any atom is 0.222 e. The number of thiazole rings is 1. The van der Waals surface area contributed by atoms with Gasteiger partial charge in [-0.15, -0.1) is 0 Å². The van der Waals surface area contributed by atoms with Gasteiger partial charge < -0.3 is 15.0 Å². The minimum Gasteiger partial charge on any atom is -0.497 e. The van der Waals surface area contributed by atoms with E-state index in [0.29, 0.717) is 12.3 Å². The van der Waals surface area contributed by atoms with E-state index in [1.54, 1.807) is 18.4 Å². The van der Waals surface area contributed by atoms with Gasteiger partial charge in [0.15, 0.2) is 5.13 Å². The zero-order chi connectivity index (χ0) is 14.7. The number of methoxy groups -OCH3 is 1. The highest BCUT2D eigenvalue weighted by Gasteiger charge is 2.18. The molecule has 21 heavy (non-hydrogen) atoms. The molecule has 1 aromatic carbocycles. The lowest BCUT2D eigenvalue weighted by Crippen LogP contribution is -2.26. The molecule has 1 aliphatic rings. The number of nitrogens with zero attached hydrogens (tertiary/aromatic N) is 2. The third kappa shape index (κ3) is 3.26. The fraction of sp³-hybridized carbons (Fsp3) is 0.467. The lowest BCUT2D eigenvalue weighted by molar-refractivity contribution is -0.127. The van der Waals surface area contributed by atoms with Gasteiger partial charge in [0.05, 0.1) is 17.3 Å². The Morgan fingerprint density at radius 2 is 2.38 bits per heavy atom. The summed E-state index contributed by atoms with van der Waals surface area (Å²) in [5, 5.41) is 4.26. The van der Waals surface area contributed by atoms with Gasteiger partial charge in [0, 0.05) is 32.1 Å². The Balaban J connectivity index is 1.52. The minimum atomic E-state index is 0.294. The quantitative estimate of drug-likeness (QED) is 0.834. The Bertz CT molecular complexity index is 641. The van der Waals surface area contributed by atoms with Crippen molar-refractivity contribution in [1.82, 2.24) is 9.88 Å². The van der Waals surface area contributed by atoms with Crippen molar-refractivity contribution in [2.75, 3.05) is 32.1 Å². The normalized spacial score (nSPS) is 14.9. The molecule has 6 heteroatoms. The first-order chi connectivity index (χ1) is 10.3. The number of anilines is 1. The third-order valence-electron chi connectivity index (χ3n) is 3.65. The molecule has 0 saturated carbocycles. The Hall–Kier alpha value is -1.82. The molecule has 0 bridgehead atoms. The lowest BCUT2D eigenvalue weighted by atomic mass is 10.3. The largest absolute Gasteiger partial charge is 0.497 e. The Morgan fingerprint density at radius 3 is 3.14 bits per heavy atom. The molecule has 1 aromatic heterocycles. The Kier molecular flexibility index (Phi) is 4.24. The van der Waals surface area contributed by atoms with Gasteiger partial charge in [0.2, 0.25) is 5.91 Å². The number of benzene rings is 1. The summed E-state index contributed by atoms with van der Waals surface area (Å²) in [5.41, 5.74) is 0.955. The first-order valence-electron chi connectivity index (χ1n) is 7.22. The van der Waals surface area contributed by atoms with Crippen molar-refractivity contribution in [3.63, 3.8) is 0 Å². The molecule has 0 spiro atoms. The molecule has 0 radical (unpaired) electrons. The van der Waals surface area contributed by atoms with Gasteiger partial charge in [-0.05, 0) is 25.0 Å². The summed E-state index contributed by atoms with van der Waals surface area (Å²) in [7, 11) is 1.66. The van der Waals surface area contributed by atoms with Gasteiger partial charge in [0.25, 0.3) is 0 Å². The van der Waals surface area contributed by atoms with Crippen LogP contribution in [0.4, 0.5) is 5.13 Å². The Morgan fingerprint density at radius 1 is 1.48 bits per heavy atom. The van der Waals surface area contributed by atoms with Crippen LogP contribution in [-0.2, 0) is 4.79 Å². The van der Waals surface area contributed by atoms with Gasteiger partial charge >= 0.3 is 0 Å². The number of fused-ring (bicyclic) bond motifs is 1. The molecule has 2 heterocycles. The molecule has 0 atom stereocenters. The van der Waals surface area contributed by atoms with E-state index in [2.05, 4.69) is 10.3 Å². The van der Waals surface area contributed by atoms with Crippen LogP contribution < -0.4 is 10.1 Å². The van der Waals surface area contributed by atoms with Crippen LogP contribution >= 0.6 is 11.3 Å². The molecule has 3 rings (SSSR count). The lowest BCUT2D eigenvalue weighted by Gasteiger charge is -2.14. The zero-order valence-corrected chi connectivity index (χ0v) is 12.9. The zero-order valence-electron chi connectivity index (χ0n) is 12.1. The van der Waals surface area contributed by atoms with Crippen LogP contribution in [0.5, 0.6) is 5.75 Å². The number of carbonyl (C=O) groups excluding carboxylic acids is 1. The van der Waals surface area contributed by atoms with Crippen LogP contribution in [0, 0.1) is 0 Å². The van der Waals surface area contributed by atoms with Crippen LogP contribution in [0.1, 0.15) is 19.3 Å². The van der Waals surface area contributed by atoms with E-state index < -0.39 is 0 Å². The summed E-state index contributed by atoms with van der Waals surface area (Å²) in [6, 6.07) is 5.92. The third-order valence-corrected chi connectivity index (χ3v) is 4.64. The van der Waals surface area contributed by atoms with Crippen LogP contribution in [0.25, 0.3) is 10.2 Å². The summed E-state index contributed by atoms with van der Waals surface area (Å²) in [4.78, 5) is 18.0. The Labute approximate surface area is 127 Å². The summed E-state index contributed by atoms with van der Waals surface area (Å²) in [5.74, 6) is 1.12. The molecule has 1 N–H and O–H groups in total. The number of nitrogens with one attached hydrogen (secondary N) is 1. The molecule has 1 saturated heterocycles. The number of hydrogen-bond acceptors (Lipinski definition) is 5. The number of ether oxygens (including phenoxy) is 1. The van der Waals surface area contributed by atoms with Crippen molar-refractivity contribution >= 4 is 32.6 Å². The standard InChI is InChI=1S/C15H19N3O2S/c1-20-11-5-6-13-12(10-11)17-15(21-13)16-7-3-9-18-8-2-4-14(18)19/h5-6,10H,2-4,7-9H2,1H3,(H,16,17). The number of amides is 1. The van der Waals surface area contributed by atoms with E-state index in [0.717, 1.165) is 53.6 Å². The molecule has 0 aliphatic carbocycles. The maximum atomic E-state index is 11.5. The predicted octanol–water partition coefficient (Wildman–Crippen LogP) is 2.73. The first kappa shape index (κ1) is 14.1. The van der Waals surface area contributed by atoms with Crippen LogP contribution in [0.2, 0.25) is 0 Å². The molecule has 1 aliphatic heterocycles. The number of aromatic nitrogens is 1. The first-order valence-corrected chi connectivity index (χ1v) is 8.04. The van der Waals surface area contributed by atoms with Crippen molar-refractivity contribution in [3.05, 3.63) is 18.2 Å². The smallest absolute Gasteiger partial charge is 0.222 e. The second kappa shape index (κ2) is 6.30. The summed E-state index contributed by atoms with van der Waals surface area (Å²) >= 11 is 1.64. The second-order valence-electron chi connectivity index (χ2n) is 5.12. The van der Waals surface area contributed by atoms with E-state index in [-0.39, 0.29) is 0 Å². The molecular weight excluding hydrogens is 286 g/mol. The molecule has 5 nitrogen and oxygen atoms in total. The van der Waals surface area contributed by atoms with Gasteiger partial charge in [0.1, 0.15) is 5.75 Å². The van der Waals surface area contributed by atoms with Gasteiger partial charge in [-0.1, -0.05) is 11.3 Å². The van der Waals surface area contributed by atoms with Gasteiger partial charge in [-0.3, -0.25) is 4.79 Å². The number of likely N-dealkylation sites (tertiary alicyclic amines) is 1. The predicted molar refractivity (Wildman–Crippen MR) is 85.1 cm³/mol. The highest BCUT2D eigenvalue weighted by Crippen LogP contribution is 2.28. The van der Waals surface area contributed by atoms with Crippen molar-refractivity contribution in [2.24, 2.45) is 0 Å². The molecule has 0 unspecified atom stereocenters. The average molecular weight is 305 g/mol. The summed E-state index contributed by atoms with van der Waals surface area (Å²) in [6.07, 6.45) is 2.67. The fourth-order valence-electron chi connectivity index (χ4n) is 2.52. The van der Waals surface area contributed by atoms with E-state index in [1.807, 2.05) is 23.1 Å². The highest BCUT2D eigenvalue weighted by molar-refractivity contribution is 7.22. The van der Waals surface area contributed by atoms with Crippen LogP contribution in [0.3, 0.4) is 0 Å². The maximum absolute atomic E-state index is 11.5. The fourth-order valence-corrected chi connectivity index (χ4v) is 3.39. The van der Waals surface area contributed by atoms with E-state index in [4.69, 9.17) is 4.74 Å².